The molecule has 0 aliphatic heterocycles. The Morgan fingerprint density at radius 1 is 1.05 bits per heavy atom. The summed E-state index contributed by atoms with van der Waals surface area (Å²) in [5.74, 6) is 0. The van der Waals surface area contributed by atoms with Crippen molar-refractivity contribution in [1.29, 1.82) is 0 Å². The van der Waals surface area contributed by atoms with E-state index < -0.39 is 15.1 Å². The van der Waals surface area contributed by atoms with Crippen molar-refractivity contribution < 1.29 is 8.42 Å². The maximum Gasteiger partial charge on any atom is 0.185 e. The van der Waals surface area contributed by atoms with E-state index >= 15 is 0 Å². The second-order valence-electron chi connectivity index (χ2n) is 5.08. The lowest BCUT2D eigenvalue weighted by molar-refractivity contribution is 0.560. The monoisotopic (exact) mass is 350 g/mol. The lowest BCUT2D eigenvalue weighted by atomic mass is 9.91. The number of rotatable bonds is 2. The van der Waals surface area contributed by atoms with Crippen LogP contribution in [0.1, 0.15) is 29.2 Å². The van der Waals surface area contributed by atoms with Gasteiger partial charge in [0.1, 0.15) is 0 Å². The zero-order chi connectivity index (χ0) is 14.2. The minimum atomic E-state index is -3.30. The molecule has 0 bridgehead atoms. The van der Waals surface area contributed by atoms with E-state index in [1.54, 1.807) is 24.3 Å². The van der Waals surface area contributed by atoms with Gasteiger partial charge in [0.15, 0.2) is 9.84 Å². The average molecular weight is 351 g/mol. The van der Waals surface area contributed by atoms with Crippen LogP contribution in [0.4, 0.5) is 0 Å². The molecule has 0 saturated heterocycles. The summed E-state index contributed by atoms with van der Waals surface area (Å²) in [5.41, 5.74) is 2.11. The van der Waals surface area contributed by atoms with Gasteiger partial charge in [-0.25, -0.2) is 8.42 Å². The summed E-state index contributed by atoms with van der Waals surface area (Å²) in [6.45, 7) is 0. The highest BCUT2D eigenvalue weighted by Crippen LogP contribution is 2.39. The van der Waals surface area contributed by atoms with E-state index in [1.165, 1.54) is 0 Å². The Kier molecular flexibility index (Phi) is 3.69. The molecule has 0 fully saturated rings. The molecule has 2 nitrogen and oxygen atoms in total. The van der Waals surface area contributed by atoms with Crippen LogP contribution in [0.2, 0.25) is 0 Å². The molecular weight excluding hydrogens is 336 g/mol. The molecule has 0 aromatic heterocycles. The Morgan fingerprint density at radius 3 is 2.55 bits per heavy atom. The summed E-state index contributed by atoms with van der Waals surface area (Å²) in [4.78, 5) is 0.417. The first-order chi connectivity index (χ1) is 9.59. The van der Waals surface area contributed by atoms with Gasteiger partial charge in [0.25, 0.3) is 0 Å². The van der Waals surface area contributed by atoms with Gasteiger partial charge < -0.3 is 0 Å². The zero-order valence-corrected chi connectivity index (χ0v) is 13.3. The fourth-order valence-corrected chi connectivity index (χ4v) is 5.15. The van der Waals surface area contributed by atoms with E-state index in [-0.39, 0.29) is 0 Å². The summed E-state index contributed by atoms with van der Waals surface area (Å²) in [7, 11) is -3.30. The van der Waals surface area contributed by atoms with Gasteiger partial charge in [-0.15, -0.1) is 0 Å². The van der Waals surface area contributed by atoms with Gasteiger partial charge in [0.2, 0.25) is 0 Å². The molecule has 1 aliphatic carbocycles. The molecule has 0 N–H and O–H groups in total. The van der Waals surface area contributed by atoms with E-state index in [9.17, 15) is 8.42 Å². The summed E-state index contributed by atoms with van der Waals surface area (Å²) in [6, 6.07) is 14.7. The molecule has 4 heteroatoms. The van der Waals surface area contributed by atoms with Crippen molar-refractivity contribution in [3.8, 4) is 0 Å². The molecule has 2 aromatic carbocycles. The van der Waals surface area contributed by atoms with Gasteiger partial charge in [-0.1, -0.05) is 40.2 Å². The Balaban J connectivity index is 2.09. The van der Waals surface area contributed by atoms with Crippen LogP contribution in [0.25, 0.3) is 0 Å². The first kappa shape index (κ1) is 13.8. The van der Waals surface area contributed by atoms with Gasteiger partial charge in [-0.3, -0.25) is 0 Å². The maximum atomic E-state index is 12.8. The lowest BCUT2D eigenvalue weighted by Gasteiger charge is -2.25. The first-order valence-corrected chi connectivity index (χ1v) is 9.00. The fraction of sp³-hybridized carbons (Fsp3) is 0.250. The molecular formula is C16H15BrO2S. The van der Waals surface area contributed by atoms with Crippen molar-refractivity contribution in [2.45, 2.75) is 29.4 Å². The lowest BCUT2D eigenvalue weighted by Crippen LogP contribution is -2.19. The van der Waals surface area contributed by atoms with Crippen LogP contribution < -0.4 is 0 Å². The second kappa shape index (κ2) is 5.34. The van der Waals surface area contributed by atoms with Crippen molar-refractivity contribution >= 4 is 25.8 Å². The fourth-order valence-electron chi connectivity index (χ4n) is 2.84. The number of hydrogen-bond acceptors (Lipinski definition) is 2. The van der Waals surface area contributed by atoms with E-state index in [0.29, 0.717) is 11.3 Å². The highest BCUT2D eigenvalue weighted by molar-refractivity contribution is 9.10. The number of benzene rings is 2. The molecule has 104 valence electrons. The quantitative estimate of drug-likeness (QED) is 0.808. The Hall–Kier alpha value is -1.13. The molecule has 0 amide bonds. The van der Waals surface area contributed by atoms with Gasteiger partial charge in [-0.05, 0) is 54.7 Å². The molecule has 0 heterocycles. The highest BCUT2D eigenvalue weighted by Gasteiger charge is 2.32. The minimum absolute atomic E-state index is 0.415. The molecule has 1 atom stereocenters. The number of fused-ring (bicyclic) bond motifs is 1. The third-order valence-corrected chi connectivity index (χ3v) is 6.47. The number of halogens is 1. The van der Waals surface area contributed by atoms with Crippen molar-refractivity contribution in [1.82, 2.24) is 0 Å². The molecule has 20 heavy (non-hydrogen) atoms. The Morgan fingerprint density at radius 2 is 1.80 bits per heavy atom. The van der Waals surface area contributed by atoms with Crippen LogP contribution in [0, 0.1) is 0 Å². The van der Waals surface area contributed by atoms with Gasteiger partial charge >= 0.3 is 0 Å². The van der Waals surface area contributed by atoms with Crippen molar-refractivity contribution in [2.24, 2.45) is 0 Å². The predicted octanol–water partition coefficient (Wildman–Crippen LogP) is 4.30. The summed E-state index contributed by atoms with van der Waals surface area (Å²) >= 11 is 3.46. The second-order valence-corrected chi connectivity index (χ2v) is 8.13. The summed E-state index contributed by atoms with van der Waals surface area (Å²) < 4.78 is 26.7. The van der Waals surface area contributed by atoms with Crippen LogP contribution >= 0.6 is 15.9 Å². The molecule has 1 unspecified atom stereocenters. The minimum Gasteiger partial charge on any atom is -0.223 e. The highest BCUT2D eigenvalue weighted by atomic mass is 79.9. The summed E-state index contributed by atoms with van der Waals surface area (Å²) in [6.07, 6.45) is 2.57. The Bertz CT molecular complexity index is 723. The number of hydrogen-bond donors (Lipinski definition) is 0. The normalized spacial score (nSPS) is 18.6. The average Bonchev–Trinajstić information content (AvgIpc) is 2.47. The van der Waals surface area contributed by atoms with E-state index in [1.807, 2.05) is 24.3 Å². The predicted molar refractivity (Wildman–Crippen MR) is 83.4 cm³/mol. The third kappa shape index (κ3) is 2.42. The molecule has 0 saturated carbocycles. The topological polar surface area (TPSA) is 34.1 Å². The maximum absolute atomic E-state index is 12.8. The molecule has 0 radical (unpaired) electrons. The smallest absolute Gasteiger partial charge is 0.185 e. The van der Waals surface area contributed by atoms with E-state index in [4.69, 9.17) is 0 Å². The van der Waals surface area contributed by atoms with Crippen molar-refractivity contribution in [3.05, 3.63) is 64.1 Å². The van der Waals surface area contributed by atoms with Crippen LogP contribution in [0.3, 0.4) is 0 Å². The molecule has 3 rings (SSSR count). The van der Waals surface area contributed by atoms with Gasteiger partial charge in [-0.2, -0.15) is 0 Å². The van der Waals surface area contributed by atoms with Crippen molar-refractivity contribution in [2.75, 3.05) is 0 Å². The van der Waals surface area contributed by atoms with Crippen LogP contribution in [-0.2, 0) is 16.3 Å². The largest absolute Gasteiger partial charge is 0.223 e. The van der Waals surface area contributed by atoms with Crippen LogP contribution in [-0.4, -0.2) is 8.42 Å². The molecule has 1 aliphatic rings. The van der Waals surface area contributed by atoms with E-state index in [0.717, 1.165) is 28.4 Å². The first-order valence-electron chi connectivity index (χ1n) is 6.66. The SMILES string of the molecule is O=S(=O)(c1ccccc1)C1CCCc2cc(Br)ccc21. The standard InChI is InChI=1S/C16H15BrO2S/c17-13-9-10-15-12(11-13)5-4-8-16(15)20(18,19)14-6-2-1-3-7-14/h1-3,6-7,9-11,16H,4-5,8H2. The number of sulfone groups is 1. The molecule has 0 spiro atoms. The summed E-state index contributed by atoms with van der Waals surface area (Å²) in [5, 5.41) is -0.415. The third-order valence-electron chi connectivity index (χ3n) is 3.81. The van der Waals surface area contributed by atoms with Gasteiger partial charge in [0.05, 0.1) is 10.1 Å². The van der Waals surface area contributed by atoms with Crippen LogP contribution in [0.15, 0.2) is 57.9 Å². The zero-order valence-electron chi connectivity index (χ0n) is 10.9. The van der Waals surface area contributed by atoms with Gasteiger partial charge in [0, 0.05) is 4.47 Å². The molecule has 2 aromatic rings. The van der Waals surface area contributed by atoms with E-state index in [2.05, 4.69) is 15.9 Å². The van der Waals surface area contributed by atoms with Crippen LogP contribution in [0.5, 0.6) is 0 Å². The van der Waals surface area contributed by atoms with Crippen molar-refractivity contribution in [3.63, 3.8) is 0 Å². The number of aryl methyl sites for hydroxylation is 1. The Labute approximate surface area is 127 Å².